The van der Waals surface area contributed by atoms with E-state index in [1.807, 2.05) is 121 Å². The molecule has 5 heterocycles. The number of nitrogens with two attached hydrogens (primary N) is 1. The number of nitrogens with zero attached hydrogens (tertiary/aromatic N) is 2. The summed E-state index contributed by atoms with van der Waals surface area (Å²) in [6.07, 6.45) is 9.61. The van der Waals surface area contributed by atoms with Crippen LogP contribution in [0, 0.1) is 0 Å². The molecular weight excluding hydrogens is 751 g/mol. The van der Waals surface area contributed by atoms with Crippen LogP contribution >= 0.6 is 0 Å². The Balaban J connectivity index is 1.40. The number of Topliss-reactive ketones (excluding diaryl/α,β-unsaturated/α-hetero) is 1. The fourth-order valence-corrected chi connectivity index (χ4v) is 8.82. The number of nitrogens with one attached hydrogen (secondary N) is 2. The van der Waals surface area contributed by atoms with E-state index >= 15 is 0 Å². The number of allylic oxidation sites excluding steroid dienone is 1. The highest BCUT2D eigenvalue weighted by atomic mass is 16.2. The maximum Gasteiger partial charge on any atom is 0.233 e. The Kier molecular flexibility index (Phi) is 8.46. The molecule has 5 aromatic carbocycles. The molecule has 3 aromatic heterocycles. The van der Waals surface area contributed by atoms with Crippen LogP contribution in [0.4, 0.5) is 5.69 Å². The Hall–Kier alpha value is -8.42. The number of hydrogen-bond donors (Lipinski definition) is 3. The van der Waals surface area contributed by atoms with E-state index in [4.69, 9.17) is 15.7 Å². The number of benzene rings is 5. The molecule has 8 aromatic rings. The summed E-state index contributed by atoms with van der Waals surface area (Å²) in [4.78, 5) is 45.5. The van der Waals surface area contributed by atoms with Gasteiger partial charge in [0.1, 0.15) is 0 Å². The molecule has 7 nitrogen and oxygen atoms in total. The van der Waals surface area contributed by atoms with Crippen LogP contribution in [0.2, 0.25) is 0 Å². The van der Waals surface area contributed by atoms with Gasteiger partial charge in [-0.25, -0.2) is 9.97 Å². The van der Waals surface area contributed by atoms with E-state index in [0.29, 0.717) is 50.4 Å². The molecule has 0 saturated carbocycles. The van der Waals surface area contributed by atoms with E-state index in [0.717, 1.165) is 66.9 Å². The number of carbonyl (C=O) groups is 2. The fourth-order valence-electron chi connectivity index (χ4n) is 8.82. The zero-order valence-electron chi connectivity index (χ0n) is 32.7. The summed E-state index contributed by atoms with van der Waals surface area (Å²) in [5, 5.41) is 0. The first-order chi connectivity index (χ1) is 30.0. The lowest BCUT2D eigenvalue weighted by Gasteiger charge is -2.17. The fraction of sp³-hybridized carbons (Fsp3) is 0. The summed E-state index contributed by atoms with van der Waals surface area (Å²) < 4.78 is 0. The Morgan fingerprint density at radius 1 is 0.393 bits per heavy atom. The van der Waals surface area contributed by atoms with Crippen molar-refractivity contribution in [3.8, 4) is 44.5 Å². The van der Waals surface area contributed by atoms with E-state index in [1.54, 1.807) is 12.1 Å². The highest BCUT2D eigenvalue weighted by Gasteiger charge is 2.31. The number of carbonyl (C=O) groups excluding carboxylic acids is 2. The highest BCUT2D eigenvalue weighted by molar-refractivity contribution is 6.51. The first-order valence-corrected chi connectivity index (χ1v) is 20.1. The Labute approximate surface area is 351 Å². The maximum atomic E-state index is 13.6. The van der Waals surface area contributed by atoms with Gasteiger partial charge in [-0.2, -0.15) is 0 Å². The average molecular weight is 786 g/mol. The van der Waals surface area contributed by atoms with Crippen molar-refractivity contribution in [3.63, 3.8) is 0 Å². The number of fused-ring (bicyclic) bond motifs is 9. The minimum absolute atomic E-state index is 0.331. The second-order valence-corrected chi connectivity index (χ2v) is 15.1. The van der Waals surface area contributed by atoms with Gasteiger partial charge in [-0.05, 0) is 75.9 Å². The number of ketones is 2. The van der Waals surface area contributed by atoms with Crippen LogP contribution in [0.1, 0.15) is 44.3 Å². The lowest BCUT2D eigenvalue weighted by molar-refractivity contribution is -0.111. The lowest BCUT2D eigenvalue weighted by Crippen LogP contribution is -2.19. The predicted molar refractivity (Wildman–Crippen MR) is 248 cm³/mol. The average Bonchev–Trinajstić information content (AvgIpc) is 4.14. The first-order valence-electron chi connectivity index (χ1n) is 20.1. The Morgan fingerprint density at radius 3 is 1.26 bits per heavy atom. The summed E-state index contributed by atoms with van der Waals surface area (Å²) >= 11 is 0. The molecule has 8 bridgehead atoms. The molecule has 0 spiro atoms. The summed E-state index contributed by atoms with van der Waals surface area (Å²) in [5.41, 5.74) is 23.3. The number of aromatic nitrogens is 4. The van der Waals surface area contributed by atoms with Gasteiger partial charge in [0.2, 0.25) is 11.6 Å². The minimum Gasteiger partial charge on any atom is -0.396 e. The van der Waals surface area contributed by atoms with Crippen LogP contribution in [0.15, 0.2) is 164 Å². The van der Waals surface area contributed by atoms with Gasteiger partial charge in [0.05, 0.1) is 39.5 Å². The van der Waals surface area contributed by atoms with Gasteiger partial charge in [-0.3, -0.25) is 9.59 Å². The highest BCUT2D eigenvalue weighted by Crippen LogP contribution is 2.46. The lowest BCUT2D eigenvalue weighted by atomic mass is 9.84. The SMILES string of the molecule is Nc1c(C2=CC(=O)C(=O)c3ccccc32)c2[nH]c1c(-c1ccccc1)c1nc(c(-c3ccccc3)c3ccc([nH]3)c(-c3ccccc3)c3nc(c2-c2ccccc2)C=C3)C=C1. The second-order valence-electron chi connectivity index (χ2n) is 15.1. The van der Waals surface area contributed by atoms with E-state index in [1.165, 1.54) is 6.08 Å². The molecule has 3 aliphatic rings. The molecule has 0 fully saturated rings. The molecule has 0 unspecified atom stereocenters. The zero-order chi connectivity index (χ0) is 41.0. The smallest absolute Gasteiger partial charge is 0.233 e. The van der Waals surface area contributed by atoms with Gasteiger partial charge < -0.3 is 15.7 Å². The zero-order valence-corrected chi connectivity index (χ0v) is 32.7. The van der Waals surface area contributed by atoms with Crippen molar-refractivity contribution in [1.82, 2.24) is 19.9 Å². The van der Waals surface area contributed by atoms with Crippen molar-refractivity contribution in [3.05, 3.63) is 203 Å². The van der Waals surface area contributed by atoms with Crippen LogP contribution < -0.4 is 5.73 Å². The first kappa shape index (κ1) is 35.7. The van der Waals surface area contributed by atoms with Crippen LogP contribution in [0.3, 0.4) is 0 Å². The molecule has 0 radical (unpaired) electrons. The monoisotopic (exact) mass is 785 g/mol. The Bertz CT molecular complexity index is 3380. The Morgan fingerprint density at radius 2 is 0.787 bits per heavy atom. The second kappa shape index (κ2) is 14.4. The third kappa shape index (κ3) is 5.98. The van der Waals surface area contributed by atoms with Crippen LogP contribution in [-0.2, 0) is 4.79 Å². The van der Waals surface area contributed by atoms with Crippen LogP contribution in [0.5, 0.6) is 0 Å². The van der Waals surface area contributed by atoms with E-state index < -0.39 is 11.6 Å². The molecule has 4 N–H and O–H groups in total. The normalized spacial score (nSPS) is 13.0. The van der Waals surface area contributed by atoms with Crippen molar-refractivity contribution in [2.24, 2.45) is 0 Å². The number of nitrogen functional groups attached to an aromatic ring is 1. The van der Waals surface area contributed by atoms with Crippen LogP contribution in [0.25, 0.3) is 96.5 Å². The molecule has 1 aliphatic carbocycles. The van der Waals surface area contributed by atoms with Gasteiger partial charge in [-0.1, -0.05) is 146 Å². The van der Waals surface area contributed by atoms with Crippen LogP contribution in [-0.4, -0.2) is 31.5 Å². The van der Waals surface area contributed by atoms with Crippen molar-refractivity contribution in [1.29, 1.82) is 0 Å². The summed E-state index contributed by atoms with van der Waals surface area (Å²) in [6, 6.07) is 52.1. The van der Waals surface area contributed by atoms with E-state index in [9.17, 15) is 9.59 Å². The van der Waals surface area contributed by atoms with Crippen molar-refractivity contribution in [2.45, 2.75) is 0 Å². The van der Waals surface area contributed by atoms with Crippen molar-refractivity contribution in [2.75, 3.05) is 5.73 Å². The molecule has 61 heavy (non-hydrogen) atoms. The quantitative estimate of drug-likeness (QED) is 0.150. The van der Waals surface area contributed by atoms with Gasteiger partial charge in [0.25, 0.3) is 0 Å². The molecule has 288 valence electrons. The summed E-state index contributed by atoms with van der Waals surface area (Å²) in [5.74, 6) is -1.16. The molecule has 2 aliphatic heterocycles. The molecule has 11 rings (SSSR count). The number of hydrogen-bond acceptors (Lipinski definition) is 5. The summed E-state index contributed by atoms with van der Waals surface area (Å²) in [6.45, 7) is 0. The molecule has 0 atom stereocenters. The van der Waals surface area contributed by atoms with Gasteiger partial charge in [0.15, 0.2) is 0 Å². The number of rotatable bonds is 5. The number of H-pyrrole nitrogens is 2. The largest absolute Gasteiger partial charge is 0.396 e. The standard InChI is InChI=1S/C54H35N5O2/c55-51-50(38-31-45(60)54(61)37-24-14-13-23-36(37)38)52-48(34-19-9-3-10-20-34)43-29-27-41(57-43)46(32-15-5-1-6-16-32)39-25-26-40(56-39)47(33-17-7-2-8-18-33)42-28-30-44(58-42)49(53(51)59-52)35-21-11-4-12-22-35/h1-31,56,59H,55H2. The molecular formula is C54H35N5O2. The predicted octanol–water partition coefficient (Wildman–Crippen LogP) is 12.1. The van der Waals surface area contributed by atoms with Gasteiger partial charge in [0, 0.05) is 44.4 Å². The maximum absolute atomic E-state index is 13.6. The number of aromatic amines is 2. The minimum atomic E-state index is -0.610. The molecule has 0 saturated heterocycles. The topological polar surface area (TPSA) is 118 Å². The van der Waals surface area contributed by atoms with Gasteiger partial charge >= 0.3 is 0 Å². The third-order valence-electron chi connectivity index (χ3n) is 11.5. The molecule has 7 heteroatoms. The summed E-state index contributed by atoms with van der Waals surface area (Å²) in [7, 11) is 0. The molecule has 0 amide bonds. The third-order valence-corrected chi connectivity index (χ3v) is 11.5. The van der Waals surface area contributed by atoms with Crippen molar-refractivity contribution < 1.29 is 9.59 Å². The van der Waals surface area contributed by atoms with Crippen molar-refractivity contribution >= 4 is 69.2 Å². The van der Waals surface area contributed by atoms with Gasteiger partial charge in [-0.15, -0.1) is 0 Å². The van der Waals surface area contributed by atoms with E-state index in [2.05, 4.69) is 58.5 Å². The number of anilines is 1. The van der Waals surface area contributed by atoms with E-state index in [-0.39, 0.29) is 0 Å².